The molecular weight excluding hydrogens is 294 g/mol. The fourth-order valence-corrected chi connectivity index (χ4v) is 5.13. The molecule has 0 fully saturated rings. The molecule has 2 aromatic rings. The third-order valence-corrected chi connectivity index (χ3v) is 6.95. The minimum atomic E-state index is -3.40. The van der Waals surface area contributed by atoms with Crippen LogP contribution in [-0.2, 0) is 29.4 Å². The predicted octanol–water partition coefficient (Wildman–Crippen LogP) is 1.85. The van der Waals surface area contributed by atoms with E-state index in [0.717, 1.165) is 22.6 Å². The van der Waals surface area contributed by atoms with Crippen molar-refractivity contribution in [2.45, 2.75) is 30.5 Å². The first kappa shape index (κ1) is 13.7. The lowest BCUT2D eigenvalue weighted by atomic mass is 10.1. The van der Waals surface area contributed by atoms with Crippen molar-refractivity contribution >= 4 is 21.4 Å². The van der Waals surface area contributed by atoms with E-state index in [0.29, 0.717) is 23.7 Å². The smallest absolute Gasteiger partial charge is 0.244 e. The molecule has 0 unspecified atom stereocenters. The fourth-order valence-electron chi connectivity index (χ4n) is 2.26. The maximum absolute atomic E-state index is 12.6. The van der Waals surface area contributed by atoms with Gasteiger partial charge in [-0.2, -0.15) is 4.31 Å². The second-order valence-corrected chi connectivity index (χ2v) is 7.99. The van der Waals surface area contributed by atoms with Gasteiger partial charge in [0.1, 0.15) is 10.5 Å². The number of sulfonamides is 1. The summed E-state index contributed by atoms with van der Waals surface area (Å²) in [7, 11) is -3.40. The average molecular weight is 309 g/mol. The van der Waals surface area contributed by atoms with E-state index in [4.69, 9.17) is 0 Å². The van der Waals surface area contributed by atoms with E-state index in [9.17, 15) is 8.42 Å². The molecule has 0 aromatic carbocycles. The van der Waals surface area contributed by atoms with Crippen LogP contribution in [0.3, 0.4) is 0 Å². The lowest BCUT2D eigenvalue weighted by molar-refractivity contribution is 0.388. The lowest BCUT2D eigenvalue weighted by Gasteiger charge is -2.26. The van der Waals surface area contributed by atoms with Crippen molar-refractivity contribution in [2.75, 3.05) is 6.54 Å². The van der Waals surface area contributed by atoms with Gasteiger partial charge in [-0.1, -0.05) is 6.92 Å². The van der Waals surface area contributed by atoms with Gasteiger partial charge in [-0.15, -0.1) is 11.3 Å². The summed E-state index contributed by atoms with van der Waals surface area (Å²) in [5.74, 6) is 0. The van der Waals surface area contributed by atoms with Crippen molar-refractivity contribution in [2.24, 2.45) is 0 Å². The average Bonchev–Trinajstić information content (AvgIpc) is 2.96. The van der Waals surface area contributed by atoms with Crippen molar-refractivity contribution in [3.63, 3.8) is 0 Å². The van der Waals surface area contributed by atoms with Crippen LogP contribution in [0.25, 0.3) is 0 Å². The van der Waals surface area contributed by atoms with Crippen LogP contribution in [0.1, 0.15) is 23.1 Å². The molecule has 0 aliphatic carbocycles. The standard InChI is InChI=1S/C13H15N3O2S2/c1-2-11-3-4-13(19-11)20(17,18)16-6-5-12-10(8-16)7-14-9-15-12/h3-4,7,9H,2,5-6,8H2,1H3. The maximum atomic E-state index is 12.6. The molecule has 0 spiro atoms. The molecule has 7 heteroatoms. The molecule has 5 nitrogen and oxygen atoms in total. The summed E-state index contributed by atoms with van der Waals surface area (Å²) < 4.78 is 27.2. The highest BCUT2D eigenvalue weighted by Crippen LogP contribution is 2.28. The Hall–Kier alpha value is -1.31. The monoisotopic (exact) mass is 309 g/mol. The lowest BCUT2D eigenvalue weighted by Crippen LogP contribution is -2.36. The van der Waals surface area contributed by atoms with Crippen molar-refractivity contribution in [3.05, 3.63) is 40.8 Å². The van der Waals surface area contributed by atoms with Gasteiger partial charge in [0.25, 0.3) is 10.0 Å². The van der Waals surface area contributed by atoms with Gasteiger partial charge in [-0.05, 0) is 18.6 Å². The Bertz CT molecular complexity index is 725. The van der Waals surface area contributed by atoms with E-state index in [1.54, 1.807) is 12.3 Å². The number of nitrogens with zero attached hydrogens (tertiary/aromatic N) is 3. The highest BCUT2D eigenvalue weighted by molar-refractivity contribution is 7.91. The molecule has 0 N–H and O–H groups in total. The first-order valence-electron chi connectivity index (χ1n) is 6.48. The fraction of sp³-hybridized carbons (Fsp3) is 0.385. The van der Waals surface area contributed by atoms with Crippen LogP contribution in [0, 0.1) is 0 Å². The largest absolute Gasteiger partial charge is 0.252 e. The summed E-state index contributed by atoms with van der Waals surface area (Å²) >= 11 is 1.35. The second kappa shape index (κ2) is 5.23. The minimum Gasteiger partial charge on any atom is -0.244 e. The minimum absolute atomic E-state index is 0.359. The molecule has 1 aliphatic rings. The molecular formula is C13H15N3O2S2. The highest BCUT2D eigenvalue weighted by Gasteiger charge is 2.29. The molecule has 0 bridgehead atoms. The maximum Gasteiger partial charge on any atom is 0.252 e. The highest BCUT2D eigenvalue weighted by atomic mass is 32.2. The van der Waals surface area contributed by atoms with Gasteiger partial charge in [-0.25, -0.2) is 18.4 Å². The molecule has 1 aliphatic heterocycles. The summed E-state index contributed by atoms with van der Waals surface area (Å²) in [6, 6.07) is 3.59. The van der Waals surface area contributed by atoms with Gasteiger partial charge in [0, 0.05) is 41.8 Å². The van der Waals surface area contributed by atoms with Gasteiger partial charge < -0.3 is 0 Å². The second-order valence-electron chi connectivity index (χ2n) is 4.66. The van der Waals surface area contributed by atoms with Crippen LogP contribution in [-0.4, -0.2) is 29.2 Å². The van der Waals surface area contributed by atoms with Crippen LogP contribution in [0.4, 0.5) is 0 Å². The third kappa shape index (κ3) is 2.36. The number of rotatable bonds is 3. The Kier molecular flexibility index (Phi) is 3.57. The number of aromatic nitrogens is 2. The SMILES string of the molecule is CCc1ccc(S(=O)(=O)N2CCc3ncncc3C2)s1. The molecule has 3 rings (SSSR count). The van der Waals surface area contributed by atoms with Crippen LogP contribution in [0.15, 0.2) is 28.9 Å². The van der Waals surface area contributed by atoms with Gasteiger partial charge in [-0.3, -0.25) is 0 Å². The van der Waals surface area contributed by atoms with Crippen molar-refractivity contribution in [1.29, 1.82) is 0 Å². The van der Waals surface area contributed by atoms with Crippen LogP contribution >= 0.6 is 11.3 Å². The zero-order chi connectivity index (χ0) is 14.2. The third-order valence-electron chi connectivity index (χ3n) is 3.41. The Morgan fingerprint density at radius 2 is 2.25 bits per heavy atom. The number of hydrogen-bond donors (Lipinski definition) is 0. The first-order chi connectivity index (χ1) is 9.61. The Morgan fingerprint density at radius 3 is 3.00 bits per heavy atom. The van der Waals surface area contributed by atoms with Gasteiger partial charge >= 0.3 is 0 Å². The van der Waals surface area contributed by atoms with Crippen LogP contribution in [0.5, 0.6) is 0 Å². The normalized spacial score (nSPS) is 16.1. The molecule has 20 heavy (non-hydrogen) atoms. The van der Waals surface area contributed by atoms with Gasteiger partial charge in [0.15, 0.2) is 0 Å². The zero-order valence-electron chi connectivity index (χ0n) is 11.1. The zero-order valence-corrected chi connectivity index (χ0v) is 12.7. The number of fused-ring (bicyclic) bond motifs is 1. The predicted molar refractivity (Wildman–Crippen MR) is 77.0 cm³/mol. The van der Waals surface area contributed by atoms with Crippen LogP contribution in [0.2, 0.25) is 0 Å². The van der Waals surface area contributed by atoms with Gasteiger partial charge in [0.05, 0.1) is 0 Å². The molecule has 2 aromatic heterocycles. The molecule has 106 valence electrons. The van der Waals surface area contributed by atoms with Crippen LogP contribution < -0.4 is 0 Å². The van der Waals surface area contributed by atoms with Crippen molar-refractivity contribution in [1.82, 2.24) is 14.3 Å². The number of thiophene rings is 1. The first-order valence-corrected chi connectivity index (χ1v) is 8.73. The Morgan fingerprint density at radius 1 is 1.40 bits per heavy atom. The summed E-state index contributed by atoms with van der Waals surface area (Å²) in [5, 5.41) is 0. The molecule has 0 atom stereocenters. The van der Waals surface area contributed by atoms with E-state index in [2.05, 4.69) is 9.97 Å². The molecule has 0 amide bonds. The van der Waals surface area contributed by atoms with E-state index >= 15 is 0 Å². The molecule has 0 radical (unpaired) electrons. The topological polar surface area (TPSA) is 63.2 Å². The Labute approximate surface area is 122 Å². The number of aryl methyl sites for hydroxylation is 1. The molecule has 3 heterocycles. The van der Waals surface area contributed by atoms with E-state index in [-0.39, 0.29) is 0 Å². The molecule has 0 saturated heterocycles. The quantitative estimate of drug-likeness (QED) is 0.868. The van der Waals surface area contributed by atoms with E-state index in [1.807, 2.05) is 13.0 Å². The summed E-state index contributed by atoms with van der Waals surface area (Å²) in [4.78, 5) is 9.26. The summed E-state index contributed by atoms with van der Waals surface area (Å²) in [6.45, 7) is 2.86. The molecule has 0 saturated carbocycles. The summed E-state index contributed by atoms with van der Waals surface area (Å²) in [5.41, 5.74) is 1.85. The van der Waals surface area contributed by atoms with Gasteiger partial charge in [0.2, 0.25) is 0 Å². The van der Waals surface area contributed by atoms with Crippen molar-refractivity contribution in [3.8, 4) is 0 Å². The summed E-state index contributed by atoms with van der Waals surface area (Å²) in [6.07, 6.45) is 4.71. The van der Waals surface area contributed by atoms with E-state index in [1.165, 1.54) is 22.0 Å². The Balaban J connectivity index is 1.90. The van der Waals surface area contributed by atoms with E-state index < -0.39 is 10.0 Å². The van der Waals surface area contributed by atoms with Crippen molar-refractivity contribution < 1.29 is 8.42 Å². The number of hydrogen-bond acceptors (Lipinski definition) is 5.